The van der Waals surface area contributed by atoms with Gasteiger partial charge in [-0.1, -0.05) is 6.07 Å². The predicted molar refractivity (Wildman–Crippen MR) is 58.6 cm³/mol. The van der Waals surface area contributed by atoms with Crippen molar-refractivity contribution in [3.63, 3.8) is 0 Å². The molecule has 76 valence electrons. The zero-order chi connectivity index (χ0) is 11.4. The Bertz CT molecular complexity index is 477. The van der Waals surface area contributed by atoms with Crippen LogP contribution in [0.4, 0.5) is 5.69 Å². The van der Waals surface area contributed by atoms with Crippen molar-refractivity contribution in [3.05, 3.63) is 38.3 Å². The highest BCUT2D eigenvalue weighted by Gasteiger charge is 2.13. The molecule has 0 fully saturated rings. The van der Waals surface area contributed by atoms with Crippen molar-refractivity contribution in [3.8, 4) is 6.19 Å². The van der Waals surface area contributed by atoms with Crippen LogP contribution in [0.5, 0.6) is 0 Å². The fraction of sp³-hybridized carbons (Fsp3) is 0.111. The molecule has 0 aromatic heterocycles. The Labute approximate surface area is 94.3 Å². The molecule has 0 spiro atoms. The van der Waals surface area contributed by atoms with Gasteiger partial charge in [-0.05, 0) is 28.9 Å². The molecule has 0 radical (unpaired) electrons. The summed E-state index contributed by atoms with van der Waals surface area (Å²) in [5.74, 6) is 0. The minimum atomic E-state index is -0.493. The van der Waals surface area contributed by atoms with E-state index in [0.29, 0.717) is 15.7 Å². The Hall–Kier alpha value is -1.74. The lowest BCUT2D eigenvalue weighted by Crippen LogP contribution is -1.97. The first kappa shape index (κ1) is 11.3. The van der Waals surface area contributed by atoms with E-state index in [1.54, 1.807) is 25.2 Å². The molecular weight excluding hydrogens is 262 g/mol. The standard InChI is InChI=1S/C9H6BrN3O2/c1-6(12-5-11)7-2-3-8(10)9(4-7)13(14)15/h2-4H,1H3. The summed E-state index contributed by atoms with van der Waals surface area (Å²) in [5, 5.41) is 19.0. The number of rotatable bonds is 2. The van der Waals surface area contributed by atoms with E-state index < -0.39 is 4.92 Å². The third-order valence-electron chi connectivity index (χ3n) is 1.78. The van der Waals surface area contributed by atoms with Crippen molar-refractivity contribution >= 4 is 27.3 Å². The Balaban J connectivity index is 3.26. The molecule has 1 rings (SSSR count). The number of nitro groups is 1. The molecular formula is C9H6BrN3O2. The number of hydrogen-bond donors (Lipinski definition) is 0. The molecule has 0 N–H and O–H groups in total. The average Bonchev–Trinajstić information content (AvgIpc) is 2.18. The summed E-state index contributed by atoms with van der Waals surface area (Å²) >= 11 is 3.07. The summed E-state index contributed by atoms with van der Waals surface area (Å²) in [6.45, 7) is 1.62. The average molecular weight is 268 g/mol. The molecule has 1 aromatic rings. The summed E-state index contributed by atoms with van der Waals surface area (Å²) < 4.78 is 0.404. The van der Waals surface area contributed by atoms with E-state index in [4.69, 9.17) is 5.26 Å². The van der Waals surface area contributed by atoms with Gasteiger partial charge in [-0.3, -0.25) is 10.1 Å². The zero-order valence-electron chi connectivity index (χ0n) is 7.77. The van der Waals surface area contributed by atoms with Crippen LogP contribution in [0.15, 0.2) is 27.7 Å². The van der Waals surface area contributed by atoms with Crippen molar-refractivity contribution in [1.29, 1.82) is 5.26 Å². The number of hydrogen-bond acceptors (Lipinski definition) is 4. The predicted octanol–water partition coefficient (Wildman–Crippen LogP) is 2.65. The van der Waals surface area contributed by atoms with Gasteiger partial charge in [-0.15, -0.1) is 0 Å². The molecule has 5 nitrogen and oxygen atoms in total. The molecule has 0 heterocycles. The summed E-state index contributed by atoms with van der Waals surface area (Å²) in [4.78, 5) is 13.6. The lowest BCUT2D eigenvalue weighted by atomic mass is 10.1. The molecule has 0 aliphatic carbocycles. The topological polar surface area (TPSA) is 79.3 Å². The maximum atomic E-state index is 10.6. The minimum Gasteiger partial charge on any atom is -0.258 e. The normalized spacial score (nSPS) is 10.9. The van der Waals surface area contributed by atoms with Crippen LogP contribution in [-0.4, -0.2) is 10.6 Å². The van der Waals surface area contributed by atoms with E-state index in [-0.39, 0.29) is 5.69 Å². The molecule has 0 unspecified atom stereocenters. The minimum absolute atomic E-state index is 0.0417. The molecule has 0 aliphatic heterocycles. The van der Waals surface area contributed by atoms with Crippen LogP contribution in [0.3, 0.4) is 0 Å². The van der Waals surface area contributed by atoms with Gasteiger partial charge in [-0.25, -0.2) is 0 Å². The molecule has 0 saturated heterocycles. The van der Waals surface area contributed by atoms with Crippen molar-refractivity contribution in [2.24, 2.45) is 4.99 Å². The molecule has 6 heteroatoms. The molecule has 0 amide bonds. The summed E-state index contributed by atoms with van der Waals surface area (Å²) in [6.07, 6.45) is 1.64. The van der Waals surface area contributed by atoms with Gasteiger partial charge in [0.2, 0.25) is 6.19 Å². The number of nitro benzene ring substituents is 1. The number of nitriles is 1. The van der Waals surface area contributed by atoms with Crippen LogP contribution < -0.4 is 0 Å². The second kappa shape index (κ2) is 4.66. The van der Waals surface area contributed by atoms with Gasteiger partial charge in [0.05, 0.1) is 15.1 Å². The second-order valence-corrected chi connectivity index (χ2v) is 3.57. The number of aliphatic imine (C=N–C) groups is 1. The van der Waals surface area contributed by atoms with E-state index in [0.717, 1.165) is 0 Å². The lowest BCUT2D eigenvalue weighted by Gasteiger charge is -2.00. The molecule has 0 bridgehead atoms. The molecule has 15 heavy (non-hydrogen) atoms. The third kappa shape index (κ3) is 2.60. The maximum absolute atomic E-state index is 10.6. The second-order valence-electron chi connectivity index (χ2n) is 2.72. The highest BCUT2D eigenvalue weighted by Crippen LogP contribution is 2.25. The quantitative estimate of drug-likeness (QED) is 0.358. The Morgan fingerprint density at radius 1 is 1.67 bits per heavy atom. The molecule has 1 aromatic carbocycles. The van der Waals surface area contributed by atoms with Crippen LogP contribution in [0.2, 0.25) is 0 Å². The van der Waals surface area contributed by atoms with Crippen molar-refractivity contribution < 1.29 is 4.92 Å². The highest BCUT2D eigenvalue weighted by atomic mass is 79.9. The highest BCUT2D eigenvalue weighted by molar-refractivity contribution is 9.10. The molecule has 0 atom stereocenters. The Morgan fingerprint density at radius 2 is 2.33 bits per heavy atom. The van der Waals surface area contributed by atoms with Gasteiger partial charge < -0.3 is 0 Å². The van der Waals surface area contributed by atoms with Crippen LogP contribution in [0, 0.1) is 21.6 Å². The number of halogens is 1. The fourth-order valence-electron chi connectivity index (χ4n) is 1.02. The largest absolute Gasteiger partial charge is 0.284 e. The third-order valence-corrected chi connectivity index (χ3v) is 2.45. The smallest absolute Gasteiger partial charge is 0.258 e. The Kier molecular flexibility index (Phi) is 3.52. The number of benzene rings is 1. The van der Waals surface area contributed by atoms with Crippen molar-refractivity contribution in [2.75, 3.05) is 0 Å². The van der Waals surface area contributed by atoms with Crippen LogP contribution in [-0.2, 0) is 0 Å². The first-order chi connectivity index (χ1) is 7.06. The zero-order valence-corrected chi connectivity index (χ0v) is 9.35. The van der Waals surface area contributed by atoms with Crippen molar-refractivity contribution in [2.45, 2.75) is 6.92 Å². The van der Waals surface area contributed by atoms with E-state index in [1.807, 2.05) is 0 Å². The fourth-order valence-corrected chi connectivity index (χ4v) is 1.41. The molecule has 0 saturated carbocycles. The first-order valence-corrected chi connectivity index (χ1v) is 4.73. The first-order valence-electron chi connectivity index (χ1n) is 3.94. The van der Waals surface area contributed by atoms with Crippen LogP contribution >= 0.6 is 15.9 Å². The maximum Gasteiger partial charge on any atom is 0.284 e. The lowest BCUT2D eigenvalue weighted by molar-refractivity contribution is -0.385. The van der Waals surface area contributed by atoms with Gasteiger partial charge in [0.1, 0.15) is 0 Å². The van der Waals surface area contributed by atoms with Crippen LogP contribution in [0.1, 0.15) is 12.5 Å². The van der Waals surface area contributed by atoms with Gasteiger partial charge in [-0.2, -0.15) is 10.3 Å². The van der Waals surface area contributed by atoms with Gasteiger partial charge in [0.15, 0.2) is 0 Å². The Morgan fingerprint density at radius 3 is 2.87 bits per heavy atom. The van der Waals surface area contributed by atoms with Crippen molar-refractivity contribution in [1.82, 2.24) is 0 Å². The summed E-state index contributed by atoms with van der Waals surface area (Å²) in [5.41, 5.74) is 0.972. The monoisotopic (exact) mass is 267 g/mol. The van der Waals surface area contributed by atoms with E-state index in [2.05, 4.69) is 20.9 Å². The van der Waals surface area contributed by atoms with Gasteiger partial charge >= 0.3 is 0 Å². The van der Waals surface area contributed by atoms with Gasteiger partial charge in [0, 0.05) is 11.6 Å². The van der Waals surface area contributed by atoms with E-state index in [1.165, 1.54) is 6.07 Å². The van der Waals surface area contributed by atoms with Gasteiger partial charge in [0.25, 0.3) is 5.69 Å². The summed E-state index contributed by atoms with van der Waals surface area (Å²) in [7, 11) is 0. The van der Waals surface area contributed by atoms with E-state index in [9.17, 15) is 10.1 Å². The van der Waals surface area contributed by atoms with E-state index >= 15 is 0 Å². The number of nitrogens with zero attached hydrogens (tertiary/aromatic N) is 3. The SMILES string of the molecule is CC(=NC#N)c1ccc(Br)c([N+](=O)[O-])c1. The summed E-state index contributed by atoms with van der Waals surface area (Å²) in [6, 6.07) is 4.59. The molecule has 0 aliphatic rings. The van der Waals surface area contributed by atoms with Crippen LogP contribution in [0.25, 0.3) is 0 Å².